The Morgan fingerprint density at radius 3 is 2.79 bits per heavy atom. The van der Waals surface area contributed by atoms with Crippen molar-refractivity contribution >= 4 is 22.9 Å². The zero-order chi connectivity index (χ0) is 20.1. The standard InChI is InChI=1S/C21H24N4O3S/c1-2-27-18-6-4-3-5-17(18)24-10-12-25(13-11-24)20(26)8-7-19-22-21(23-28-19)16-9-14-29-15-16/h3-6,9,14-15H,2,7-8,10-13H2,1H3. The summed E-state index contributed by atoms with van der Waals surface area (Å²) >= 11 is 1.59. The highest BCUT2D eigenvalue weighted by atomic mass is 32.1. The Morgan fingerprint density at radius 1 is 1.21 bits per heavy atom. The molecule has 0 saturated carbocycles. The lowest BCUT2D eigenvalue weighted by atomic mass is 10.2. The van der Waals surface area contributed by atoms with E-state index in [0.717, 1.165) is 30.1 Å². The van der Waals surface area contributed by atoms with Crippen molar-refractivity contribution in [2.45, 2.75) is 19.8 Å². The van der Waals surface area contributed by atoms with E-state index in [1.54, 1.807) is 11.3 Å². The Morgan fingerprint density at radius 2 is 2.03 bits per heavy atom. The minimum absolute atomic E-state index is 0.123. The molecule has 1 aromatic carbocycles. The third-order valence-corrected chi connectivity index (χ3v) is 5.62. The van der Waals surface area contributed by atoms with Gasteiger partial charge in [0, 0.05) is 50.0 Å². The summed E-state index contributed by atoms with van der Waals surface area (Å²) in [4.78, 5) is 21.2. The number of ether oxygens (including phenoxy) is 1. The maximum absolute atomic E-state index is 12.6. The van der Waals surface area contributed by atoms with E-state index in [-0.39, 0.29) is 5.91 Å². The maximum atomic E-state index is 12.6. The Hall–Kier alpha value is -2.87. The molecule has 0 bridgehead atoms. The summed E-state index contributed by atoms with van der Waals surface area (Å²) in [5.41, 5.74) is 2.04. The molecule has 0 N–H and O–H groups in total. The molecule has 1 amide bonds. The number of anilines is 1. The molecular formula is C21H24N4O3S. The van der Waals surface area contributed by atoms with Gasteiger partial charge in [-0.2, -0.15) is 16.3 Å². The fourth-order valence-corrected chi connectivity index (χ4v) is 4.06. The van der Waals surface area contributed by atoms with E-state index in [1.807, 2.05) is 46.8 Å². The van der Waals surface area contributed by atoms with Gasteiger partial charge in [-0.25, -0.2) is 0 Å². The molecule has 0 atom stereocenters. The number of hydrogen-bond donors (Lipinski definition) is 0. The number of aromatic nitrogens is 2. The fourth-order valence-electron chi connectivity index (χ4n) is 3.43. The minimum atomic E-state index is 0.123. The van der Waals surface area contributed by atoms with Gasteiger partial charge in [-0.1, -0.05) is 17.3 Å². The van der Waals surface area contributed by atoms with Crippen LogP contribution >= 0.6 is 11.3 Å². The summed E-state index contributed by atoms with van der Waals surface area (Å²) in [6, 6.07) is 10.0. The van der Waals surface area contributed by atoms with Crippen LogP contribution in [0.15, 0.2) is 45.6 Å². The summed E-state index contributed by atoms with van der Waals surface area (Å²) in [5, 5.41) is 7.94. The first kappa shape index (κ1) is 19.4. The van der Waals surface area contributed by atoms with E-state index >= 15 is 0 Å². The minimum Gasteiger partial charge on any atom is -0.492 e. The van der Waals surface area contributed by atoms with Crippen molar-refractivity contribution in [1.82, 2.24) is 15.0 Å². The number of hydrogen-bond acceptors (Lipinski definition) is 7. The molecule has 0 spiro atoms. The van der Waals surface area contributed by atoms with Crippen LogP contribution in [0.4, 0.5) is 5.69 Å². The summed E-state index contributed by atoms with van der Waals surface area (Å²) < 4.78 is 11.0. The van der Waals surface area contributed by atoms with Crippen molar-refractivity contribution in [1.29, 1.82) is 0 Å². The van der Waals surface area contributed by atoms with Gasteiger partial charge in [-0.05, 0) is 30.5 Å². The molecule has 0 radical (unpaired) electrons. The smallest absolute Gasteiger partial charge is 0.227 e. The largest absolute Gasteiger partial charge is 0.492 e. The zero-order valence-electron chi connectivity index (χ0n) is 16.4. The van der Waals surface area contributed by atoms with Crippen molar-refractivity contribution in [3.05, 3.63) is 47.0 Å². The van der Waals surface area contributed by atoms with Crippen LogP contribution in [0, 0.1) is 0 Å². The van der Waals surface area contributed by atoms with E-state index in [1.165, 1.54) is 0 Å². The third-order valence-electron chi connectivity index (χ3n) is 4.94. The van der Waals surface area contributed by atoms with Gasteiger partial charge in [0.15, 0.2) is 0 Å². The highest BCUT2D eigenvalue weighted by Crippen LogP contribution is 2.29. The number of carbonyl (C=O) groups excluding carboxylic acids is 1. The summed E-state index contributed by atoms with van der Waals surface area (Å²) in [6.07, 6.45) is 0.837. The predicted octanol–water partition coefficient (Wildman–Crippen LogP) is 3.48. The van der Waals surface area contributed by atoms with Crippen LogP contribution in [0.25, 0.3) is 11.4 Å². The average molecular weight is 413 g/mol. The second kappa shape index (κ2) is 9.09. The first-order valence-electron chi connectivity index (χ1n) is 9.84. The van der Waals surface area contributed by atoms with Gasteiger partial charge in [0.05, 0.1) is 12.3 Å². The topological polar surface area (TPSA) is 71.7 Å². The average Bonchev–Trinajstić information content (AvgIpc) is 3.45. The van der Waals surface area contributed by atoms with Gasteiger partial charge < -0.3 is 19.1 Å². The molecule has 29 heavy (non-hydrogen) atoms. The molecule has 1 aliphatic rings. The van der Waals surface area contributed by atoms with Gasteiger partial charge >= 0.3 is 0 Å². The van der Waals surface area contributed by atoms with E-state index in [9.17, 15) is 4.79 Å². The second-order valence-corrected chi connectivity index (χ2v) is 7.57. The quantitative estimate of drug-likeness (QED) is 0.592. The Labute approximate surface area is 173 Å². The van der Waals surface area contributed by atoms with E-state index in [2.05, 4.69) is 21.1 Å². The summed E-state index contributed by atoms with van der Waals surface area (Å²) in [5.74, 6) is 2.10. The number of piperazine rings is 1. The molecule has 3 aromatic rings. The molecule has 4 rings (SSSR count). The molecule has 1 fully saturated rings. The Balaban J connectivity index is 1.28. The lowest BCUT2D eigenvalue weighted by molar-refractivity contribution is -0.131. The van der Waals surface area contributed by atoms with E-state index in [0.29, 0.717) is 44.3 Å². The van der Waals surface area contributed by atoms with Crippen LogP contribution < -0.4 is 9.64 Å². The highest BCUT2D eigenvalue weighted by molar-refractivity contribution is 7.08. The first-order chi connectivity index (χ1) is 14.2. The number of para-hydroxylation sites is 2. The van der Waals surface area contributed by atoms with E-state index in [4.69, 9.17) is 9.26 Å². The first-order valence-corrected chi connectivity index (χ1v) is 10.8. The molecule has 1 aliphatic heterocycles. The zero-order valence-corrected chi connectivity index (χ0v) is 17.2. The molecule has 1 saturated heterocycles. The van der Waals surface area contributed by atoms with Crippen LogP contribution in [0.3, 0.4) is 0 Å². The lowest BCUT2D eigenvalue weighted by Crippen LogP contribution is -2.49. The van der Waals surface area contributed by atoms with Gasteiger partial charge in [0.1, 0.15) is 5.75 Å². The van der Waals surface area contributed by atoms with E-state index < -0.39 is 0 Å². The van der Waals surface area contributed by atoms with Gasteiger partial charge in [-0.15, -0.1) is 0 Å². The number of thiophene rings is 1. The van der Waals surface area contributed by atoms with Crippen molar-refractivity contribution in [3.63, 3.8) is 0 Å². The Kier molecular flexibility index (Phi) is 6.09. The van der Waals surface area contributed by atoms with Crippen molar-refractivity contribution in [3.8, 4) is 17.1 Å². The molecule has 2 aromatic heterocycles. The van der Waals surface area contributed by atoms with Crippen LogP contribution in [-0.4, -0.2) is 53.7 Å². The van der Waals surface area contributed by atoms with Crippen LogP contribution in [0.2, 0.25) is 0 Å². The lowest BCUT2D eigenvalue weighted by Gasteiger charge is -2.36. The molecule has 152 valence electrons. The van der Waals surface area contributed by atoms with Crippen molar-refractivity contribution < 1.29 is 14.1 Å². The number of nitrogens with zero attached hydrogens (tertiary/aromatic N) is 4. The number of rotatable bonds is 7. The number of benzene rings is 1. The number of aryl methyl sites for hydroxylation is 1. The maximum Gasteiger partial charge on any atom is 0.227 e. The van der Waals surface area contributed by atoms with Crippen LogP contribution in [0.5, 0.6) is 5.75 Å². The SMILES string of the molecule is CCOc1ccccc1N1CCN(C(=O)CCc2nc(-c3ccsc3)no2)CC1. The number of amides is 1. The Bertz CT molecular complexity index is 933. The van der Waals surface area contributed by atoms with Crippen molar-refractivity contribution in [2.75, 3.05) is 37.7 Å². The molecule has 3 heterocycles. The monoisotopic (exact) mass is 412 g/mol. The summed E-state index contributed by atoms with van der Waals surface area (Å²) in [6.45, 7) is 5.60. The predicted molar refractivity (Wildman–Crippen MR) is 112 cm³/mol. The number of carbonyl (C=O) groups is 1. The third kappa shape index (κ3) is 4.59. The molecule has 0 aliphatic carbocycles. The summed E-state index contributed by atoms with van der Waals surface area (Å²) in [7, 11) is 0. The van der Waals surface area contributed by atoms with Gasteiger partial charge in [0.25, 0.3) is 0 Å². The fraction of sp³-hybridized carbons (Fsp3) is 0.381. The van der Waals surface area contributed by atoms with Gasteiger partial charge in [-0.3, -0.25) is 4.79 Å². The molecule has 0 unspecified atom stereocenters. The van der Waals surface area contributed by atoms with Crippen LogP contribution in [-0.2, 0) is 11.2 Å². The molecule has 7 nitrogen and oxygen atoms in total. The van der Waals surface area contributed by atoms with Crippen LogP contribution in [0.1, 0.15) is 19.2 Å². The molecule has 8 heteroatoms. The van der Waals surface area contributed by atoms with Gasteiger partial charge in [0.2, 0.25) is 17.6 Å². The van der Waals surface area contributed by atoms with Crippen molar-refractivity contribution in [2.24, 2.45) is 0 Å². The normalized spacial score (nSPS) is 14.2. The second-order valence-electron chi connectivity index (χ2n) is 6.79. The molecular weight excluding hydrogens is 388 g/mol. The highest BCUT2D eigenvalue weighted by Gasteiger charge is 2.23.